The number of non-ortho nitro benzene ring substituents is 1. The lowest BCUT2D eigenvalue weighted by Crippen LogP contribution is -2.27. The number of nitro groups is 1. The van der Waals surface area contributed by atoms with E-state index in [0.717, 1.165) is 37.5 Å². The predicted molar refractivity (Wildman–Crippen MR) is 74.3 cm³/mol. The third kappa shape index (κ3) is 3.56. The standard InChI is InChI=1S/C14H16N2O5/c1-2-3-8-7-12(8)15-13(17)9-4-10(14(18)19)6-11(5-9)16(20)21/h4-6,8,12H,2-3,7H2,1H3,(H,15,17)(H,18,19). The lowest BCUT2D eigenvalue weighted by atomic mass is 10.1. The van der Waals surface area contributed by atoms with Crippen LogP contribution in [0.15, 0.2) is 18.2 Å². The van der Waals surface area contributed by atoms with Gasteiger partial charge in [-0.25, -0.2) is 4.79 Å². The molecule has 0 heterocycles. The summed E-state index contributed by atoms with van der Waals surface area (Å²) in [7, 11) is 0. The summed E-state index contributed by atoms with van der Waals surface area (Å²) >= 11 is 0. The van der Waals surface area contributed by atoms with Crippen LogP contribution >= 0.6 is 0 Å². The number of rotatable bonds is 6. The number of hydrogen-bond donors (Lipinski definition) is 2. The van der Waals surface area contributed by atoms with Crippen LogP contribution < -0.4 is 5.32 Å². The predicted octanol–water partition coefficient (Wildman–Crippen LogP) is 2.21. The van der Waals surface area contributed by atoms with E-state index in [1.165, 1.54) is 0 Å². The van der Waals surface area contributed by atoms with Gasteiger partial charge < -0.3 is 10.4 Å². The van der Waals surface area contributed by atoms with Crippen molar-refractivity contribution in [3.8, 4) is 0 Å². The summed E-state index contributed by atoms with van der Waals surface area (Å²) in [5.41, 5.74) is -0.667. The second-order valence-corrected chi connectivity index (χ2v) is 5.20. The van der Waals surface area contributed by atoms with Crippen LogP contribution in [0.2, 0.25) is 0 Å². The van der Waals surface area contributed by atoms with Gasteiger partial charge in [0.25, 0.3) is 11.6 Å². The molecule has 0 aliphatic heterocycles. The van der Waals surface area contributed by atoms with Gasteiger partial charge in [0.2, 0.25) is 0 Å². The van der Waals surface area contributed by atoms with Crippen molar-refractivity contribution < 1.29 is 19.6 Å². The van der Waals surface area contributed by atoms with Crippen molar-refractivity contribution in [3.05, 3.63) is 39.4 Å². The third-order valence-electron chi connectivity index (χ3n) is 3.54. The van der Waals surface area contributed by atoms with Crippen molar-refractivity contribution in [2.45, 2.75) is 32.2 Å². The van der Waals surface area contributed by atoms with Gasteiger partial charge in [-0.2, -0.15) is 0 Å². The van der Waals surface area contributed by atoms with E-state index in [0.29, 0.717) is 5.92 Å². The number of carboxylic acids is 1. The number of amides is 1. The molecular formula is C14H16N2O5. The molecule has 2 atom stereocenters. The summed E-state index contributed by atoms with van der Waals surface area (Å²) < 4.78 is 0. The Kier molecular flexibility index (Phi) is 4.21. The molecule has 2 unspecified atom stereocenters. The van der Waals surface area contributed by atoms with Gasteiger partial charge in [0.15, 0.2) is 0 Å². The summed E-state index contributed by atoms with van der Waals surface area (Å²) in [4.78, 5) is 33.1. The molecule has 1 aromatic carbocycles. The maximum atomic E-state index is 12.1. The number of nitrogens with one attached hydrogen (secondary N) is 1. The van der Waals surface area contributed by atoms with Gasteiger partial charge in [0, 0.05) is 23.7 Å². The van der Waals surface area contributed by atoms with E-state index < -0.39 is 22.5 Å². The maximum Gasteiger partial charge on any atom is 0.335 e. The molecule has 0 saturated heterocycles. The molecule has 1 fully saturated rings. The fraction of sp³-hybridized carbons (Fsp3) is 0.429. The minimum atomic E-state index is -1.30. The Morgan fingerprint density at radius 2 is 2.05 bits per heavy atom. The Labute approximate surface area is 121 Å². The van der Waals surface area contributed by atoms with Crippen LogP contribution in [0.1, 0.15) is 46.9 Å². The van der Waals surface area contributed by atoms with Gasteiger partial charge in [-0.1, -0.05) is 13.3 Å². The van der Waals surface area contributed by atoms with Crippen LogP contribution in [0.3, 0.4) is 0 Å². The van der Waals surface area contributed by atoms with Crippen LogP contribution in [0, 0.1) is 16.0 Å². The molecule has 0 spiro atoms. The number of aromatic carboxylic acids is 1. The van der Waals surface area contributed by atoms with Crippen LogP contribution in [-0.2, 0) is 0 Å². The number of nitrogens with zero attached hydrogens (tertiary/aromatic N) is 1. The highest BCUT2D eigenvalue weighted by molar-refractivity contribution is 5.98. The van der Waals surface area contributed by atoms with Crippen LogP contribution in [0.4, 0.5) is 5.69 Å². The Balaban J connectivity index is 2.16. The van der Waals surface area contributed by atoms with Gasteiger partial charge in [-0.15, -0.1) is 0 Å². The molecule has 0 bridgehead atoms. The molecule has 7 heteroatoms. The average molecular weight is 292 g/mol. The Morgan fingerprint density at radius 3 is 2.62 bits per heavy atom. The Bertz CT molecular complexity index is 567. The summed E-state index contributed by atoms with van der Waals surface area (Å²) in [6, 6.07) is 3.28. The molecular weight excluding hydrogens is 276 g/mol. The Hall–Kier alpha value is -2.44. The lowest BCUT2D eigenvalue weighted by Gasteiger charge is -2.06. The number of carbonyl (C=O) groups excluding carboxylic acids is 1. The number of carboxylic acid groups (broad SMARTS) is 1. The van der Waals surface area contributed by atoms with E-state index in [1.54, 1.807) is 0 Å². The Morgan fingerprint density at radius 1 is 1.38 bits per heavy atom. The molecule has 2 N–H and O–H groups in total. The molecule has 1 amide bonds. The van der Waals surface area contributed by atoms with E-state index in [4.69, 9.17) is 5.11 Å². The average Bonchev–Trinajstić information content (AvgIpc) is 3.16. The van der Waals surface area contributed by atoms with E-state index in [2.05, 4.69) is 12.2 Å². The fourth-order valence-electron chi connectivity index (χ4n) is 2.34. The number of benzene rings is 1. The SMILES string of the molecule is CCCC1CC1NC(=O)c1cc(C(=O)O)cc([N+](=O)[O-])c1. The molecule has 1 aromatic rings. The molecule has 21 heavy (non-hydrogen) atoms. The molecule has 2 rings (SSSR count). The van der Waals surface area contributed by atoms with Gasteiger partial charge in [0.05, 0.1) is 10.5 Å². The van der Waals surface area contributed by atoms with Gasteiger partial charge in [-0.3, -0.25) is 14.9 Å². The summed E-state index contributed by atoms with van der Waals surface area (Å²) in [6.45, 7) is 2.07. The van der Waals surface area contributed by atoms with Crippen molar-refractivity contribution >= 4 is 17.6 Å². The quantitative estimate of drug-likeness (QED) is 0.617. The topological polar surface area (TPSA) is 110 Å². The summed E-state index contributed by atoms with van der Waals surface area (Å²) in [5.74, 6) is -1.32. The second-order valence-electron chi connectivity index (χ2n) is 5.20. The smallest absolute Gasteiger partial charge is 0.335 e. The van der Waals surface area contributed by atoms with Crippen molar-refractivity contribution in [3.63, 3.8) is 0 Å². The van der Waals surface area contributed by atoms with Gasteiger partial charge >= 0.3 is 5.97 Å². The van der Waals surface area contributed by atoms with E-state index in [9.17, 15) is 19.7 Å². The second kappa shape index (κ2) is 5.90. The first-order chi connectivity index (χ1) is 9.92. The highest BCUT2D eigenvalue weighted by atomic mass is 16.6. The largest absolute Gasteiger partial charge is 0.478 e. The summed E-state index contributed by atoms with van der Waals surface area (Å²) in [6.07, 6.45) is 2.97. The molecule has 0 radical (unpaired) electrons. The number of hydrogen-bond acceptors (Lipinski definition) is 4. The molecule has 1 aliphatic carbocycles. The first kappa shape index (κ1) is 15.0. The monoisotopic (exact) mass is 292 g/mol. The highest BCUT2D eigenvalue weighted by Crippen LogP contribution is 2.34. The van der Waals surface area contributed by atoms with Crippen molar-refractivity contribution in [2.75, 3.05) is 0 Å². The third-order valence-corrected chi connectivity index (χ3v) is 3.54. The van der Waals surface area contributed by atoms with Crippen LogP contribution in [-0.4, -0.2) is 27.9 Å². The first-order valence-electron chi connectivity index (χ1n) is 6.76. The summed E-state index contributed by atoms with van der Waals surface area (Å²) in [5, 5.41) is 22.5. The van der Waals surface area contributed by atoms with Crippen LogP contribution in [0.5, 0.6) is 0 Å². The molecule has 1 aliphatic rings. The molecule has 0 aromatic heterocycles. The fourth-order valence-corrected chi connectivity index (χ4v) is 2.34. The van der Waals surface area contributed by atoms with Crippen LogP contribution in [0.25, 0.3) is 0 Å². The molecule has 112 valence electrons. The van der Waals surface area contributed by atoms with E-state index in [-0.39, 0.29) is 17.2 Å². The number of nitro benzene ring substituents is 1. The maximum absolute atomic E-state index is 12.1. The normalized spacial score (nSPS) is 19.9. The highest BCUT2D eigenvalue weighted by Gasteiger charge is 2.37. The van der Waals surface area contributed by atoms with Crippen molar-refractivity contribution in [1.29, 1.82) is 0 Å². The van der Waals surface area contributed by atoms with E-state index in [1.807, 2.05) is 0 Å². The zero-order valence-electron chi connectivity index (χ0n) is 11.5. The minimum Gasteiger partial charge on any atom is -0.478 e. The molecule has 1 saturated carbocycles. The van der Waals surface area contributed by atoms with Crippen molar-refractivity contribution in [2.24, 2.45) is 5.92 Å². The lowest BCUT2D eigenvalue weighted by molar-refractivity contribution is -0.384. The minimum absolute atomic E-state index is 0.00347. The zero-order chi connectivity index (χ0) is 15.6. The molecule has 7 nitrogen and oxygen atoms in total. The van der Waals surface area contributed by atoms with Gasteiger partial charge in [-0.05, 0) is 24.8 Å². The van der Waals surface area contributed by atoms with Gasteiger partial charge in [0.1, 0.15) is 0 Å². The van der Waals surface area contributed by atoms with E-state index >= 15 is 0 Å². The van der Waals surface area contributed by atoms with Crippen molar-refractivity contribution in [1.82, 2.24) is 5.32 Å². The number of carbonyl (C=O) groups is 2. The zero-order valence-corrected chi connectivity index (χ0v) is 11.5. The first-order valence-corrected chi connectivity index (χ1v) is 6.76.